The third-order valence-electron chi connectivity index (χ3n) is 2.50. The summed E-state index contributed by atoms with van der Waals surface area (Å²) in [6, 6.07) is 1.86. The minimum absolute atomic E-state index is 0.00588. The zero-order valence-electron chi connectivity index (χ0n) is 9.87. The Morgan fingerprint density at radius 3 is 2.06 bits per heavy atom. The molecule has 0 heterocycles. The van der Waals surface area contributed by atoms with Crippen LogP contribution in [0.5, 0.6) is 0 Å². The number of hydrogen-bond acceptors (Lipinski definition) is 3. The highest BCUT2D eigenvalue weighted by Gasteiger charge is 2.12. The monoisotopic (exact) mass is 263 g/mol. The lowest BCUT2D eigenvalue weighted by Crippen LogP contribution is -2.28. The second kappa shape index (κ2) is 7.35. The van der Waals surface area contributed by atoms with Crippen molar-refractivity contribution in [3.05, 3.63) is 35.1 Å². The van der Waals surface area contributed by atoms with Crippen molar-refractivity contribution in [1.29, 1.82) is 0 Å². The molecule has 18 heavy (non-hydrogen) atoms. The van der Waals surface area contributed by atoms with Gasteiger partial charge in [-0.2, -0.15) is 0 Å². The topological polar surface area (TPSA) is 43.7 Å². The van der Waals surface area contributed by atoms with E-state index >= 15 is 0 Å². The van der Waals surface area contributed by atoms with Crippen LogP contribution in [0.3, 0.4) is 0 Å². The Hall–Kier alpha value is -1.11. The Kier molecular flexibility index (Phi) is 6.11. The minimum atomic E-state index is -1.48. The highest BCUT2D eigenvalue weighted by Crippen LogP contribution is 2.15. The summed E-state index contributed by atoms with van der Waals surface area (Å²) in [5.74, 6) is -3.94. The number of hydrogen-bond donors (Lipinski definition) is 2. The molecule has 1 aromatic carbocycles. The number of nitrogens with zero attached hydrogens (tertiary/aromatic N) is 1. The van der Waals surface area contributed by atoms with Gasteiger partial charge in [-0.15, -0.1) is 0 Å². The molecule has 1 aromatic rings. The van der Waals surface area contributed by atoms with E-state index in [4.69, 9.17) is 10.2 Å². The fourth-order valence-electron chi connectivity index (χ4n) is 1.66. The second-order valence-electron chi connectivity index (χ2n) is 3.95. The van der Waals surface area contributed by atoms with E-state index in [2.05, 4.69) is 0 Å². The molecule has 0 atom stereocenters. The van der Waals surface area contributed by atoms with Gasteiger partial charge in [0.15, 0.2) is 17.5 Å². The summed E-state index contributed by atoms with van der Waals surface area (Å²) in [5.41, 5.74) is 0.290. The van der Waals surface area contributed by atoms with Crippen LogP contribution in [0.1, 0.15) is 12.0 Å². The summed E-state index contributed by atoms with van der Waals surface area (Å²) < 4.78 is 38.8. The first kappa shape index (κ1) is 14.9. The summed E-state index contributed by atoms with van der Waals surface area (Å²) in [4.78, 5) is 1.72. The van der Waals surface area contributed by atoms with Crippen molar-refractivity contribution in [2.45, 2.75) is 13.0 Å². The maximum Gasteiger partial charge on any atom is 0.194 e. The standard InChI is InChI=1S/C12H16F3NO2/c13-10-6-9(7-11(14)12(10)15)8-16(3-5-18)2-1-4-17/h6-7,17-18H,1-5,8H2. The van der Waals surface area contributed by atoms with Gasteiger partial charge in [0.25, 0.3) is 0 Å². The molecule has 0 amide bonds. The van der Waals surface area contributed by atoms with Crippen LogP contribution < -0.4 is 0 Å². The van der Waals surface area contributed by atoms with Gasteiger partial charge < -0.3 is 10.2 Å². The fourth-order valence-corrected chi connectivity index (χ4v) is 1.66. The summed E-state index contributed by atoms with van der Waals surface area (Å²) in [7, 11) is 0. The van der Waals surface area contributed by atoms with Gasteiger partial charge in [-0.25, -0.2) is 13.2 Å². The molecule has 0 spiro atoms. The summed E-state index contributed by atoms with van der Waals surface area (Å²) in [5, 5.41) is 17.6. The second-order valence-corrected chi connectivity index (χ2v) is 3.95. The van der Waals surface area contributed by atoms with Gasteiger partial charge in [-0.1, -0.05) is 0 Å². The van der Waals surface area contributed by atoms with Gasteiger partial charge in [-0.3, -0.25) is 4.90 Å². The van der Waals surface area contributed by atoms with E-state index in [1.807, 2.05) is 0 Å². The molecule has 3 nitrogen and oxygen atoms in total. The van der Waals surface area contributed by atoms with Gasteiger partial charge >= 0.3 is 0 Å². The van der Waals surface area contributed by atoms with Crippen molar-refractivity contribution in [3.63, 3.8) is 0 Å². The Labute approximate surface area is 103 Å². The van der Waals surface area contributed by atoms with E-state index in [0.29, 0.717) is 19.5 Å². The minimum Gasteiger partial charge on any atom is -0.396 e. The largest absolute Gasteiger partial charge is 0.396 e. The van der Waals surface area contributed by atoms with Crippen molar-refractivity contribution in [3.8, 4) is 0 Å². The molecular weight excluding hydrogens is 247 g/mol. The normalized spacial score (nSPS) is 11.2. The molecule has 0 bridgehead atoms. The Morgan fingerprint density at radius 1 is 0.944 bits per heavy atom. The van der Waals surface area contributed by atoms with Gasteiger partial charge in [0.2, 0.25) is 0 Å². The van der Waals surface area contributed by atoms with Crippen LogP contribution in [0, 0.1) is 17.5 Å². The zero-order chi connectivity index (χ0) is 13.5. The van der Waals surface area contributed by atoms with E-state index in [1.165, 1.54) is 0 Å². The van der Waals surface area contributed by atoms with Crippen LogP contribution in [0.25, 0.3) is 0 Å². The van der Waals surface area contributed by atoms with Crippen molar-refractivity contribution in [2.75, 3.05) is 26.3 Å². The lowest BCUT2D eigenvalue weighted by Gasteiger charge is -2.21. The van der Waals surface area contributed by atoms with Crippen LogP contribution in [0.2, 0.25) is 0 Å². The number of halogens is 3. The van der Waals surface area contributed by atoms with E-state index in [1.54, 1.807) is 4.90 Å². The number of benzene rings is 1. The molecule has 0 aliphatic heterocycles. The maximum atomic E-state index is 13.0. The molecular formula is C12H16F3NO2. The predicted molar refractivity (Wildman–Crippen MR) is 60.4 cm³/mol. The van der Waals surface area contributed by atoms with Gasteiger partial charge in [0, 0.05) is 26.2 Å². The quantitative estimate of drug-likeness (QED) is 0.728. The molecule has 0 aromatic heterocycles. The first-order valence-corrected chi connectivity index (χ1v) is 5.66. The van der Waals surface area contributed by atoms with Crippen LogP contribution >= 0.6 is 0 Å². The van der Waals surface area contributed by atoms with E-state index in [-0.39, 0.29) is 25.3 Å². The van der Waals surface area contributed by atoms with Crippen LogP contribution in [0.15, 0.2) is 12.1 Å². The molecule has 0 unspecified atom stereocenters. The van der Waals surface area contributed by atoms with Gasteiger partial charge in [-0.05, 0) is 24.1 Å². The van der Waals surface area contributed by atoms with E-state index in [9.17, 15) is 13.2 Å². The van der Waals surface area contributed by atoms with Crippen LogP contribution in [-0.4, -0.2) is 41.4 Å². The molecule has 1 rings (SSSR count). The third-order valence-corrected chi connectivity index (χ3v) is 2.50. The average Bonchev–Trinajstić information content (AvgIpc) is 2.33. The molecule has 102 valence electrons. The molecule has 2 N–H and O–H groups in total. The highest BCUT2D eigenvalue weighted by molar-refractivity contribution is 5.19. The van der Waals surface area contributed by atoms with Crippen LogP contribution in [-0.2, 0) is 6.54 Å². The third kappa shape index (κ3) is 4.29. The van der Waals surface area contributed by atoms with E-state index in [0.717, 1.165) is 12.1 Å². The predicted octanol–water partition coefficient (Wildman–Crippen LogP) is 1.28. The first-order chi connectivity index (χ1) is 8.58. The highest BCUT2D eigenvalue weighted by atomic mass is 19.2. The smallest absolute Gasteiger partial charge is 0.194 e. The van der Waals surface area contributed by atoms with Crippen molar-refractivity contribution in [1.82, 2.24) is 4.90 Å². The number of aliphatic hydroxyl groups is 2. The summed E-state index contributed by atoms with van der Waals surface area (Å²) in [6.07, 6.45) is 0.492. The molecule has 0 radical (unpaired) electrons. The summed E-state index contributed by atoms with van der Waals surface area (Å²) in [6.45, 7) is 0.888. The summed E-state index contributed by atoms with van der Waals surface area (Å²) >= 11 is 0. The Balaban J connectivity index is 2.73. The molecule has 0 saturated heterocycles. The Morgan fingerprint density at radius 2 is 1.56 bits per heavy atom. The van der Waals surface area contributed by atoms with E-state index < -0.39 is 17.5 Å². The zero-order valence-corrected chi connectivity index (χ0v) is 9.87. The van der Waals surface area contributed by atoms with Gasteiger partial charge in [0.1, 0.15) is 0 Å². The number of rotatable bonds is 7. The van der Waals surface area contributed by atoms with Crippen LogP contribution in [0.4, 0.5) is 13.2 Å². The van der Waals surface area contributed by atoms with Gasteiger partial charge in [0.05, 0.1) is 6.61 Å². The van der Waals surface area contributed by atoms with Crippen molar-refractivity contribution in [2.24, 2.45) is 0 Å². The molecule has 0 aliphatic rings. The average molecular weight is 263 g/mol. The lowest BCUT2D eigenvalue weighted by atomic mass is 10.2. The first-order valence-electron chi connectivity index (χ1n) is 5.66. The maximum absolute atomic E-state index is 13.0. The number of aliphatic hydroxyl groups excluding tert-OH is 2. The lowest BCUT2D eigenvalue weighted by molar-refractivity contribution is 0.174. The molecule has 6 heteroatoms. The molecule has 0 aliphatic carbocycles. The van der Waals surface area contributed by atoms with Crippen molar-refractivity contribution >= 4 is 0 Å². The molecule has 0 fully saturated rings. The Bertz CT molecular complexity index is 365. The fraction of sp³-hybridized carbons (Fsp3) is 0.500. The van der Waals surface area contributed by atoms with Crippen molar-refractivity contribution < 1.29 is 23.4 Å². The molecule has 0 saturated carbocycles. The SMILES string of the molecule is OCCCN(CCO)Cc1cc(F)c(F)c(F)c1.